The first kappa shape index (κ1) is 18.4. The predicted molar refractivity (Wildman–Crippen MR) is 110 cm³/mol. The Kier molecular flexibility index (Phi) is 5.53. The van der Waals surface area contributed by atoms with Gasteiger partial charge < -0.3 is 14.8 Å². The van der Waals surface area contributed by atoms with Crippen LogP contribution in [0.15, 0.2) is 73.1 Å². The molecule has 1 atom stereocenters. The summed E-state index contributed by atoms with van der Waals surface area (Å²) in [7, 11) is 1.98. The minimum Gasteiger partial charge on any atom is -0.336 e. The van der Waals surface area contributed by atoms with Gasteiger partial charge in [0.15, 0.2) is 0 Å². The lowest BCUT2D eigenvalue weighted by Crippen LogP contribution is -2.49. The fraction of sp³-hybridized carbons (Fsp3) is 0.304. The largest absolute Gasteiger partial charge is 0.336 e. The van der Waals surface area contributed by atoms with Gasteiger partial charge in [-0.1, -0.05) is 60.7 Å². The van der Waals surface area contributed by atoms with Crippen LogP contribution in [0.5, 0.6) is 0 Å². The summed E-state index contributed by atoms with van der Waals surface area (Å²) in [6, 6.07) is 20.6. The summed E-state index contributed by atoms with van der Waals surface area (Å²) < 4.78 is 2.00. The van der Waals surface area contributed by atoms with E-state index in [1.165, 1.54) is 11.1 Å². The summed E-state index contributed by atoms with van der Waals surface area (Å²) in [4.78, 5) is 19.9. The Morgan fingerprint density at radius 1 is 1.11 bits per heavy atom. The van der Waals surface area contributed by atoms with E-state index < -0.39 is 0 Å². The Morgan fingerprint density at radius 2 is 1.75 bits per heavy atom. The first-order chi connectivity index (χ1) is 13.7. The van der Waals surface area contributed by atoms with E-state index in [1.807, 2.05) is 59.1 Å². The van der Waals surface area contributed by atoms with E-state index in [2.05, 4.69) is 34.6 Å². The molecule has 5 heteroatoms. The zero-order valence-corrected chi connectivity index (χ0v) is 16.2. The van der Waals surface area contributed by atoms with Gasteiger partial charge >= 0.3 is 0 Å². The molecule has 2 aromatic carbocycles. The normalized spacial score (nSPS) is 17.1. The van der Waals surface area contributed by atoms with Gasteiger partial charge in [-0.3, -0.25) is 4.79 Å². The molecule has 1 fully saturated rings. The van der Waals surface area contributed by atoms with Crippen LogP contribution >= 0.6 is 0 Å². The van der Waals surface area contributed by atoms with Crippen molar-refractivity contribution in [3.63, 3.8) is 0 Å². The van der Waals surface area contributed by atoms with E-state index in [4.69, 9.17) is 0 Å². The predicted octanol–water partition coefficient (Wildman–Crippen LogP) is 3.12. The number of hydrogen-bond acceptors (Lipinski definition) is 3. The zero-order valence-electron chi connectivity index (χ0n) is 16.2. The smallest absolute Gasteiger partial charge is 0.224 e. The van der Waals surface area contributed by atoms with E-state index in [1.54, 1.807) is 6.20 Å². The van der Waals surface area contributed by atoms with Crippen molar-refractivity contribution in [2.24, 2.45) is 7.05 Å². The van der Waals surface area contributed by atoms with Gasteiger partial charge in [-0.25, -0.2) is 4.98 Å². The molecule has 28 heavy (non-hydrogen) atoms. The molecule has 1 N–H and O–H groups in total. The fourth-order valence-corrected chi connectivity index (χ4v) is 4.02. The van der Waals surface area contributed by atoms with E-state index in [0.717, 1.165) is 18.9 Å². The molecule has 1 saturated heterocycles. The quantitative estimate of drug-likeness (QED) is 0.747. The summed E-state index contributed by atoms with van der Waals surface area (Å²) in [5.41, 5.74) is 2.34. The van der Waals surface area contributed by atoms with Crippen LogP contribution in [0.25, 0.3) is 0 Å². The maximum absolute atomic E-state index is 13.4. The summed E-state index contributed by atoms with van der Waals surface area (Å²) in [6.45, 7) is 2.25. The molecule has 1 aliphatic rings. The van der Waals surface area contributed by atoms with Crippen LogP contribution in [-0.4, -0.2) is 40.0 Å². The Balaban J connectivity index is 1.61. The highest BCUT2D eigenvalue weighted by Gasteiger charge is 2.32. The van der Waals surface area contributed by atoms with Crippen molar-refractivity contribution < 1.29 is 4.79 Å². The fourth-order valence-electron chi connectivity index (χ4n) is 4.02. The molecule has 1 aromatic heterocycles. The van der Waals surface area contributed by atoms with E-state index in [0.29, 0.717) is 13.0 Å². The molecule has 0 bridgehead atoms. The van der Waals surface area contributed by atoms with Crippen molar-refractivity contribution in [3.05, 3.63) is 90.0 Å². The van der Waals surface area contributed by atoms with Crippen molar-refractivity contribution in [1.29, 1.82) is 0 Å². The van der Waals surface area contributed by atoms with Gasteiger partial charge in [0.1, 0.15) is 11.9 Å². The van der Waals surface area contributed by atoms with Crippen molar-refractivity contribution in [3.8, 4) is 0 Å². The van der Waals surface area contributed by atoms with Gasteiger partial charge in [0.25, 0.3) is 0 Å². The van der Waals surface area contributed by atoms with Gasteiger partial charge in [0.05, 0.1) is 0 Å². The number of benzene rings is 2. The van der Waals surface area contributed by atoms with Gasteiger partial charge in [0.2, 0.25) is 5.91 Å². The van der Waals surface area contributed by atoms with E-state index >= 15 is 0 Å². The molecule has 2 heterocycles. The van der Waals surface area contributed by atoms with Crippen LogP contribution in [0.4, 0.5) is 0 Å². The topological polar surface area (TPSA) is 50.2 Å². The number of aromatic nitrogens is 2. The van der Waals surface area contributed by atoms with Crippen LogP contribution in [0.1, 0.15) is 35.3 Å². The average Bonchev–Trinajstić information content (AvgIpc) is 3.19. The summed E-state index contributed by atoms with van der Waals surface area (Å²) in [5.74, 6) is 1.15. The third kappa shape index (κ3) is 3.85. The molecule has 0 saturated carbocycles. The molecule has 1 aliphatic heterocycles. The molecule has 144 valence electrons. The SMILES string of the molecule is Cn1ccnc1C1CNCCN1C(=O)CC(c1ccccc1)c1ccccc1. The lowest BCUT2D eigenvalue weighted by atomic mass is 9.88. The number of nitrogens with zero attached hydrogens (tertiary/aromatic N) is 3. The number of amides is 1. The monoisotopic (exact) mass is 374 g/mol. The Labute approximate surface area is 166 Å². The second-order valence-electron chi connectivity index (χ2n) is 7.28. The molecule has 1 amide bonds. The van der Waals surface area contributed by atoms with Crippen LogP contribution in [0, 0.1) is 0 Å². The van der Waals surface area contributed by atoms with Gasteiger partial charge in [0, 0.05) is 51.4 Å². The molecule has 0 radical (unpaired) electrons. The highest BCUT2D eigenvalue weighted by Crippen LogP contribution is 2.30. The zero-order chi connectivity index (χ0) is 19.3. The van der Waals surface area contributed by atoms with Crippen molar-refractivity contribution in [2.75, 3.05) is 19.6 Å². The molecule has 0 aliphatic carbocycles. The highest BCUT2D eigenvalue weighted by atomic mass is 16.2. The maximum Gasteiger partial charge on any atom is 0.224 e. The standard InChI is InChI=1S/C23H26N4O/c1-26-14-13-25-23(26)21-17-24-12-15-27(21)22(28)16-20(18-8-4-2-5-9-18)19-10-6-3-7-11-19/h2-11,13-14,20-21,24H,12,15-17H2,1H3. The Bertz CT molecular complexity index is 867. The van der Waals surface area contributed by atoms with Crippen LogP contribution in [0.2, 0.25) is 0 Å². The van der Waals surface area contributed by atoms with Crippen molar-refractivity contribution >= 4 is 5.91 Å². The molecule has 0 spiro atoms. The lowest BCUT2D eigenvalue weighted by Gasteiger charge is -2.36. The number of aryl methyl sites for hydroxylation is 1. The minimum absolute atomic E-state index is 0.0338. The van der Waals surface area contributed by atoms with Gasteiger partial charge in [-0.05, 0) is 11.1 Å². The molecular weight excluding hydrogens is 348 g/mol. The highest BCUT2D eigenvalue weighted by molar-refractivity contribution is 5.78. The molecular formula is C23H26N4O. The number of carbonyl (C=O) groups excluding carboxylic acids is 1. The first-order valence-electron chi connectivity index (χ1n) is 9.81. The third-order valence-electron chi connectivity index (χ3n) is 5.50. The van der Waals surface area contributed by atoms with Gasteiger partial charge in [-0.2, -0.15) is 0 Å². The maximum atomic E-state index is 13.4. The summed E-state index contributed by atoms with van der Waals surface area (Å²) in [5, 5.41) is 3.40. The number of piperazine rings is 1. The Morgan fingerprint density at radius 3 is 2.32 bits per heavy atom. The summed E-state index contributed by atoms with van der Waals surface area (Å²) >= 11 is 0. The van der Waals surface area contributed by atoms with Crippen LogP contribution in [0.3, 0.4) is 0 Å². The second-order valence-corrected chi connectivity index (χ2v) is 7.28. The number of rotatable bonds is 5. The van der Waals surface area contributed by atoms with E-state index in [9.17, 15) is 4.79 Å². The molecule has 1 unspecified atom stereocenters. The summed E-state index contributed by atoms with van der Waals surface area (Å²) in [6.07, 6.45) is 4.18. The number of nitrogens with one attached hydrogen (secondary N) is 1. The van der Waals surface area contributed by atoms with Crippen LogP contribution in [-0.2, 0) is 11.8 Å². The first-order valence-corrected chi connectivity index (χ1v) is 9.81. The number of hydrogen-bond donors (Lipinski definition) is 1. The van der Waals surface area contributed by atoms with Gasteiger partial charge in [-0.15, -0.1) is 0 Å². The number of imidazole rings is 1. The average molecular weight is 374 g/mol. The van der Waals surface area contributed by atoms with E-state index in [-0.39, 0.29) is 17.9 Å². The van der Waals surface area contributed by atoms with Crippen LogP contribution < -0.4 is 5.32 Å². The Hall–Kier alpha value is -2.92. The van der Waals surface area contributed by atoms with Crippen molar-refractivity contribution in [1.82, 2.24) is 19.8 Å². The molecule has 3 aromatic rings. The second kappa shape index (κ2) is 8.40. The molecule has 5 nitrogen and oxygen atoms in total. The van der Waals surface area contributed by atoms with Crippen molar-refractivity contribution in [2.45, 2.75) is 18.4 Å². The third-order valence-corrected chi connectivity index (χ3v) is 5.50. The minimum atomic E-state index is -0.0338. The molecule has 4 rings (SSSR count). The lowest BCUT2D eigenvalue weighted by molar-refractivity contribution is -0.135. The number of carbonyl (C=O) groups is 1.